The molecule has 4 aromatic rings. The number of aromatic nitrogens is 3. The van der Waals surface area contributed by atoms with Crippen LogP contribution in [0.1, 0.15) is 18.7 Å². The highest BCUT2D eigenvalue weighted by Crippen LogP contribution is 2.26. The fourth-order valence-corrected chi connectivity index (χ4v) is 3.50. The Balaban J connectivity index is 1.91. The van der Waals surface area contributed by atoms with Crippen molar-refractivity contribution in [2.24, 2.45) is 0 Å². The predicted molar refractivity (Wildman–Crippen MR) is 113 cm³/mol. The molecule has 0 radical (unpaired) electrons. The molecule has 2 aromatic carbocycles. The summed E-state index contributed by atoms with van der Waals surface area (Å²) in [6, 6.07) is 16.0. The van der Waals surface area contributed by atoms with E-state index in [2.05, 4.69) is 15.3 Å². The van der Waals surface area contributed by atoms with Crippen molar-refractivity contribution in [1.82, 2.24) is 14.5 Å². The molecule has 0 aliphatic heterocycles. The lowest BCUT2D eigenvalue weighted by atomic mass is 10.1. The van der Waals surface area contributed by atoms with Gasteiger partial charge in [0.05, 0.1) is 22.6 Å². The molecular weight excluding hydrogens is 392 g/mol. The zero-order valence-electron chi connectivity index (χ0n) is 15.4. The first-order valence-electron chi connectivity index (χ1n) is 8.90. The summed E-state index contributed by atoms with van der Waals surface area (Å²) in [6.45, 7) is 1.84. The van der Waals surface area contributed by atoms with Crippen LogP contribution in [0.4, 0.5) is 5.95 Å². The molecule has 0 spiro atoms. The Kier molecular flexibility index (Phi) is 4.82. The van der Waals surface area contributed by atoms with Gasteiger partial charge in [0.25, 0.3) is 11.1 Å². The van der Waals surface area contributed by atoms with Crippen LogP contribution in [0.15, 0.2) is 70.4 Å². The number of anilines is 1. The summed E-state index contributed by atoms with van der Waals surface area (Å²) < 4.78 is 1.59. The molecule has 0 unspecified atom stereocenters. The minimum atomic E-state index is -0.652. The average molecular weight is 409 g/mol. The minimum Gasteiger partial charge on any atom is -0.502 e. The third kappa shape index (κ3) is 3.48. The fraction of sp³-hybridized carbons (Fsp3) is 0.0952. The SMILES string of the molecule is C[C@H](Nc1ncc(O)c(=O)[nH]1)c1cc2cccc(Cl)c2c(=O)n1-c1ccccc1. The molecule has 8 heteroatoms. The molecule has 29 heavy (non-hydrogen) atoms. The van der Waals surface area contributed by atoms with Gasteiger partial charge in [-0.25, -0.2) is 4.98 Å². The van der Waals surface area contributed by atoms with E-state index >= 15 is 0 Å². The average Bonchev–Trinajstić information content (AvgIpc) is 2.71. The molecule has 0 saturated carbocycles. The molecule has 2 heterocycles. The maximum atomic E-state index is 13.4. The van der Waals surface area contributed by atoms with E-state index in [1.807, 2.05) is 49.4 Å². The van der Waals surface area contributed by atoms with Crippen LogP contribution in [0, 0.1) is 0 Å². The van der Waals surface area contributed by atoms with Gasteiger partial charge in [-0.05, 0) is 36.6 Å². The van der Waals surface area contributed by atoms with Crippen LogP contribution in [0.2, 0.25) is 5.02 Å². The van der Waals surface area contributed by atoms with Crippen molar-refractivity contribution in [3.05, 3.63) is 92.2 Å². The summed E-state index contributed by atoms with van der Waals surface area (Å²) in [5, 5.41) is 14.0. The molecule has 0 saturated heterocycles. The van der Waals surface area contributed by atoms with Crippen molar-refractivity contribution in [1.29, 1.82) is 0 Å². The quantitative estimate of drug-likeness (QED) is 0.479. The number of aromatic hydroxyl groups is 1. The summed E-state index contributed by atoms with van der Waals surface area (Å²) >= 11 is 6.31. The van der Waals surface area contributed by atoms with Crippen molar-refractivity contribution in [3.8, 4) is 11.4 Å². The number of para-hydroxylation sites is 1. The van der Waals surface area contributed by atoms with Crippen LogP contribution < -0.4 is 16.4 Å². The largest absolute Gasteiger partial charge is 0.502 e. The lowest BCUT2D eigenvalue weighted by Crippen LogP contribution is -2.26. The molecule has 3 N–H and O–H groups in total. The summed E-state index contributed by atoms with van der Waals surface area (Å²) in [7, 11) is 0. The third-order valence-electron chi connectivity index (χ3n) is 4.62. The normalized spacial score (nSPS) is 12.1. The Morgan fingerprint density at radius 2 is 1.90 bits per heavy atom. The Morgan fingerprint density at radius 3 is 2.62 bits per heavy atom. The molecule has 0 aliphatic carbocycles. The van der Waals surface area contributed by atoms with E-state index in [4.69, 9.17) is 11.6 Å². The summed E-state index contributed by atoms with van der Waals surface area (Å²) in [4.78, 5) is 31.5. The second-order valence-electron chi connectivity index (χ2n) is 6.56. The van der Waals surface area contributed by atoms with Crippen LogP contribution in [0.3, 0.4) is 0 Å². The van der Waals surface area contributed by atoms with Gasteiger partial charge in [0.1, 0.15) is 0 Å². The molecule has 146 valence electrons. The first-order chi connectivity index (χ1) is 14.0. The maximum Gasteiger partial charge on any atom is 0.294 e. The van der Waals surface area contributed by atoms with Gasteiger partial charge in [0.15, 0.2) is 5.75 Å². The van der Waals surface area contributed by atoms with E-state index < -0.39 is 17.4 Å². The zero-order valence-corrected chi connectivity index (χ0v) is 16.1. The van der Waals surface area contributed by atoms with Gasteiger partial charge in [-0.2, -0.15) is 0 Å². The van der Waals surface area contributed by atoms with Gasteiger partial charge in [-0.3, -0.25) is 19.1 Å². The lowest BCUT2D eigenvalue weighted by molar-refractivity contribution is 0.463. The molecule has 0 bridgehead atoms. The highest BCUT2D eigenvalue weighted by atomic mass is 35.5. The number of aromatic amines is 1. The summed E-state index contributed by atoms with van der Waals surface area (Å²) in [6.07, 6.45) is 1.07. The fourth-order valence-electron chi connectivity index (χ4n) is 3.24. The summed E-state index contributed by atoms with van der Waals surface area (Å²) in [5.41, 5.74) is 0.456. The Hall–Kier alpha value is -3.58. The Morgan fingerprint density at radius 1 is 1.14 bits per heavy atom. The van der Waals surface area contributed by atoms with Crippen molar-refractivity contribution in [2.75, 3.05) is 5.32 Å². The minimum absolute atomic E-state index is 0.179. The molecule has 1 atom stereocenters. The van der Waals surface area contributed by atoms with Gasteiger partial charge in [0.2, 0.25) is 5.95 Å². The maximum absolute atomic E-state index is 13.4. The molecule has 0 fully saturated rings. The van der Waals surface area contributed by atoms with Gasteiger partial charge >= 0.3 is 0 Å². The molecule has 0 amide bonds. The number of nitrogens with zero attached hydrogens (tertiary/aromatic N) is 2. The molecular formula is C21H17ClN4O3. The second kappa shape index (κ2) is 7.44. The number of H-pyrrole nitrogens is 1. The van der Waals surface area contributed by atoms with E-state index in [1.165, 1.54) is 0 Å². The number of rotatable bonds is 4. The number of benzene rings is 2. The first kappa shape index (κ1) is 18.8. The van der Waals surface area contributed by atoms with Gasteiger partial charge < -0.3 is 10.4 Å². The standard InChI is InChI=1S/C21H17ClN4O3/c1-12(24-21-23-11-17(27)19(28)25-21)16-10-13-6-5-9-15(22)18(13)20(29)26(16)14-7-3-2-4-8-14/h2-12,27H,1H3,(H2,23,24,25,28)/t12-/m0/s1. The van der Waals surface area contributed by atoms with Crippen molar-refractivity contribution < 1.29 is 5.11 Å². The number of hydrogen-bond donors (Lipinski definition) is 3. The lowest BCUT2D eigenvalue weighted by Gasteiger charge is -2.21. The van der Waals surface area contributed by atoms with Crippen molar-refractivity contribution in [2.45, 2.75) is 13.0 Å². The van der Waals surface area contributed by atoms with Crippen molar-refractivity contribution in [3.63, 3.8) is 0 Å². The number of hydrogen-bond acceptors (Lipinski definition) is 5. The van der Waals surface area contributed by atoms with Crippen LogP contribution in [-0.2, 0) is 0 Å². The predicted octanol–water partition coefficient (Wildman–Crippen LogP) is 3.61. The smallest absolute Gasteiger partial charge is 0.294 e. The highest BCUT2D eigenvalue weighted by Gasteiger charge is 2.18. The number of pyridine rings is 1. The molecule has 0 aliphatic rings. The van der Waals surface area contributed by atoms with Crippen LogP contribution in [0.5, 0.6) is 5.75 Å². The first-order valence-corrected chi connectivity index (χ1v) is 9.28. The van der Waals surface area contributed by atoms with Crippen LogP contribution in [0.25, 0.3) is 16.5 Å². The van der Waals surface area contributed by atoms with E-state index in [1.54, 1.807) is 16.7 Å². The van der Waals surface area contributed by atoms with E-state index in [-0.39, 0.29) is 11.5 Å². The third-order valence-corrected chi connectivity index (χ3v) is 4.93. The van der Waals surface area contributed by atoms with Gasteiger partial charge in [-0.1, -0.05) is 41.9 Å². The summed E-state index contributed by atoms with van der Waals surface area (Å²) in [5.74, 6) is -0.289. The topological polar surface area (TPSA) is 100 Å². The second-order valence-corrected chi connectivity index (χ2v) is 6.97. The Labute approximate surface area is 170 Å². The number of nitrogens with one attached hydrogen (secondary N) is 2. The van der Waals surface area contributed by atoms with E-state index in [0.29, 0.717) is 27.2 Å². The van der Waals surface area contributed by atoms with Crippen molar-refractivity contribution >= 4 is 28.3 Å². The van der Waals surface area contributed by atoms with Crippen LogP contribution in [-0.4, -0.2) is 19.6 Å². The zero-order chi connectivity index (χ0) is 20.5. The van der Waals surface area contributed by atoms with E-state index in [9.17, 15) is 14.7 Å². The number of fused-ring (bicyclic) bond motifs is 1. The Bertz CT molecular complexity index is 1320. The van der Waals surface area contributed by atoms with Crippen LogP contribution >= 0.6 is 11.6 Å². The molecule has 7 nitrogen and oxygen atoms in total. The molecule has 4 rings (SSSR count). The van der Waals surface area contributed by atoms with Gasteiger partial charge in [-0.15, -0.1) is 0 Å². The molecule has 2 aromatic heterocycles. The van der Waals surface area contributed by atoms with E-state index in [0.717, 1.165) is 6.20 Å². The monoisotopic (exact) mass is 408 g/mol. The van der Waals surface area contributed by atoms with Gasteiger partial charge in [0, 0.05) is 11.4 Å². The number of halogens is 1. The highest BCUT2D eigenvalue weighted by molar-refractivity contribution is 6.35.